The van der Waals surface area contributed by atoms with Crippen LogP contribution in [0, 0.1) is 0 Å². The zero-order valence-corrected chi connectivity index (χ0v) is 21.1. The Balaban J connectivity index is 2.07. The summed E-state index contributed by atoms with van der Waals surface area (Å²) in [6, 6.07) is 8.01. The van der Waals surface area contributed by atoms with Crippen LogP contribution >= 0.6 is 44.6 Å². The number of Topliss-reactive ketones (excluding diaryl/α,β-unsaturated/α-hetero) is 2. The number of nitrogens with zero attached hydrogens (tertiary/aromatic N) is 2. The zero-order valence-electron chi connectivity index (χ0n) is 16.5. The first-order valence-electron chi connectivity index (χ1n) is 8.98. The largest absolute Gasteiger partial charge is 0.400 e. The maximum atomic E-state index is 12.4. The molecule has 0 saturated carbocycles. The van der Waals surface area contributed by atoms with Gasteiger partial charge in [0.15, 0.2) is 0 Å². The molecule has 0 saturated heterocycles. The zero-order chi connectivity index (χ0) is 25.0. The molecule has 0 aliphatic heterocycles. The molecule has 0 atom stereocenters. The van der Waals surface area contributed by atoms with E-state index in [0.29, 0.717) is 11.1 Å². The summed E-state index contributed by atoms with van der Waals surface area (Å²) in [7, 11) is 2.45. The SMILES string of the molecule is [N-]=[N+]=C(C(=O)CCc1ccc(Cl)c(S(=O)(=O)Cl)c1)C(=O)CCc1ccc(Cl)c(S(=O)(=O)Cl)c1. The molecule has 0 aliphatic carbocycles. The first kappa shape index (κ1) is 27.5. The van der Waals surface area contributed by atoms with Crippen molar-refractivity contribution in [3.63, 3.8) is 0 Å². The molecule has 8 nitrogen and oxygen atoms in total. The van der Waals surface area contributed by atoms with E-state index in [1.54, 1.807) is 0 Å². The molecule has 0 bridgehead atoms. The normalized spacial score (nSPS) is 11.6. The van der Waals surface area contributed by atoms with Crippen LogP contribution in [0.15, 0.2) is 46.2 Å². The molecule has 176 valence electrons. The van der Waals surface area contributed by atoms with Crippen LogP contribution in [-0.4, -0.2) is 38.9 Å². The van der Waals surface area contributed by atoms with E-state index in [1.165, 1.54) is 36.4 Å². The van der Waals surface area contributed by atoms with Crippen molar-refractivity contribution < 1.29 is 31.2 Å². The average Bonchev–Trinajstić information content (AvgIpc) is 2.71. The Kier molecular flexibility index (Phi) is 9.24. The molecule has 0 heterocycles. The number of benzene rings is 2. The highest BCUT2D eigenvalue weighted by molar-refractivity contribution is 8.14. The van der Waals surface area contributed by atoms with Gasteiger partial charge in [-0.05, 0) is 48.2 Å². The molecule has 2 aromatic rings. The average molecular weight is 572 g/mol. The molecule has 33 heavy (non-hydrogen) atoms. The smallest absolute Gasteiger partial charge is 0.360 e. The van der Waals surface area contributed by atoms with Crippen LogP contribution in [0.2, 0.25) is 10.0 Å². The first-order valence-corrected chi connectivity index (χ1v) is 14.4. The summed E-state index contributed by atoms with van der Waals surface area (Å²) in [5.74, 6) is -1.54. The van der Waals surface area contributed by atoms with Crippen LogP contribution in [0.4, 0.5) is 0 Å². The van der Waals surface area contributed by atoms with Gasteiger partial charge in [0.1, 0.15) is 9.79 Å². The molecule has 0 radical (unpaired) electrons. The van der Waals surface area contributed by atoms with E-state index >= 15 is 0 Å². The standard InChI is InChI=1S/C19H14Cl4N2O6S2/c20-13-5-1-11(9-17(13)32(22,28)29)3-7-15(26)19(25-24)16(27)8-4-12-2-6-14(21)18(10-12)33(23,30)31/h1-2,5-6,9-10H,3-4,7-8H2. The van der Waals surface area contributed by atoms with Gasteiger partial charge in [0, 0.05) is 34.2 Å². The molecular weight excluding hydrogens is 558 g/mol. The molecule has 0 N–H and O–H groups in total. The molecule has 0 fully saturated rings. The van der Waals surface area contributed by atoms with Crippen molar-refractivity contribution in [2.45, 2.75) is 35.5 Å². The first-order chi connectivity index (χ1) is 15.2. The number of carbonyl (C=O) groups is 2. The van der Waals surface area contributed by atoms with Crippen molar-refractivity contribution in [1.29, 1.82) is 0 Å². The fourth-order valence-electron chi connectivity index (χ4n) is 2.80. The Labute approximate surface area is 208 Å². The lowest BCUT2D eigenvalue weighted by Gasteiger charge is -2.05. The van der Waals surface area contributed by atoms with Gasteiger partial charge in [-0.1, -0.05) is 35.3 Å². The van der Waals surface area contributed by atoms with Gasteiger partial charge in [-0.15, -0.1) is 0 Å². The van der Waals surface area contributed by atoms with Gasteiger partial charge < -0.3 is 5.53 Å². The second-order valence-corrected chi connectivity index (χ2v) is 12.6. The number of carbonyl (C=O) groups excluding carboxylic acids is 2. The van der Waals surface area contributed by atoms with Crippen molar-refractivity contribution in [3.8, 4) is 0 Å². The van der Waals surface area contributed by atoms with E-state index in [2.05, 4.69) is 4.79 Å². The van der Waals surface area contributed by atoms with E-state index < -0.39 is 35.4 Å². The molecule has 0 spiro atoms. The summed E-state index contributed by atoms with van der Waals surface area (Å²) >= 11 is 11.6. The van der Waals surface area contributed by atoms with Crippen molar-refractivity contribution in [2.24, 2.45) is 0 Å². The van der Waals surface area contributed by atoms with Gasteiger partial charge in [-0.3, -0.25) is 9.59 Å². The lowest BCUT2D eigenvalue weighted by atomic mass is 9.99. The van der Waals surface area contributed by atoms with Gasteiger partial charge in [-0.25, -0.2) is 16.8 Å². The third-order valence-electron chi connectivity index (χ3n) is 4.43. The van der Waals surface area contributed by atoms with Crippen LogP contribution in [0.3, 0.4) is 0 Å². The Morgan fingerprint density at radius 2 is 1.12 bits per heavy atom. The van der Waals surface area contributed by atoms with E-state index in [1.807, 2.05) is 0 Å². The molecule has 0 aliphatic rings. The van der Waals surface area contributed by atoms with Gasteiger partial charge in [0.25, 0.3) is 18.1 Å². The predicted molar refractivity (Wildman–Crippen MR) is 124 cm³/mol. The van der Waals surface area contributed by atoms with E-state index in [9.17, 15) is 26.4 Å². The monoisotopic (exact) mass is 570 g/mol. The lowest BCUT2D eigenvalue weighted by Crippen LogP contribution is -2.26. The minimum absolute atomic E-state index is 0.0236. The number of halogens is 4. The van der Waals surface area contributed by atoms with Crippen LogP contribution in [0.25, 0.3) is 5.53 Å². The molecule has 0 amide bonds. The van der Waals surface area contributed by atoms with Crippen LogP contribution in [0.5, 0.6) is 0 Å². The minimum Gasteiger partial charge on any atom is -0.360 e. The molecule has 2 aromatic carbocycles. The summed E-state index contributed by atoms with van der Waals surface area (Å²) in [6.07, 6.45) is -0.472. The fourth-order valence-corrected chi connectivity index (χ4v) is 5.83. The number of aryl methyl sites for hydroxylation is 2. The van der Waals surface area contributed by atoms with Crippen molar-refractivity contribution in [3.05, 3.63) is 63.1 Å². The topological polar surface area (TPSA) is 139 Å². The van der Waals surface area contributed by atoms with Crippen LogP contribution in [-0.2, 0) is 40.5 Å². The fraction of sp³-hybridized carbons (Fsp3) is 0.211. The Morgan fingerprint density at radius 3 is 1.42 bits per heavy atom. The van der Waals surface area contributed by atoms with Crippen molar-refractivity contribution >= 4 is 79.9 Å². The van der Waals surface area contributed by atoms with Gasteiger partial charge in [-0.2, -0.15) is 4.79 Å². The maximum absolute atomic E-state index is 12.4. The number of ketones is 2. The predicted octanol–water partition coefficient (Wildman–Crippen LogP) is 4.22. The third-order valence-corrected chi connectivity index (χ3v) is 8.03. The van der Waals surface area contributed by atoms with E-state index in [4.69, 9.17) is 50.1 Å². The van der Waals surface area contributed by atoms with Crippen molar-refractivity contribution in [2.75, 3.05) is 0 Å². The van der Waals surface area contributed by atoms with E-state index in [0.717, 1.165) is 0 Å². The van der Waals surface area contributed by atoms with Gasteiger partial charge >= 0.3 is 5.71 Å². The highest BCUT2D eigenvalue weighted by Gasteiger charge is 2.28. The third kappa shape index (κ3) is 7.61. The molecular formula is C19H14Cl4N2O6S2. The van der Waals surface area contributed by atoms with Crippen molar-refractivity contribution in [1.82, 2.24) is 0 Å². The van der Waals surface area contributed by atoms with Gasteiger partial charge in [0.2, 0.25) is 11.6 Å². The quantitative estimate of drug-likeness (QED) is 0.137. The molecule has 2 rings (SSSR count). The maximum Gasteiger partial charge on any atom is 0.400 e. The van der Waals surface area contributed by atoms with E-state index in [-0.39, 0.29) is 45.5 Å². The molecule has 0 aromatic heterocycles. The number of hydrogen-bond donors (Lipinski definition) is 0. The van der Waals surface area contributed by atoms with Gasteiger partial charge in [0.05, 0.1) is 10.0 Å². The summed E-state index contributed by atoms with van der Waals surface area (Å²) in [5, 5.41) is -0.166. The summed E-state index contributed by atoms with van der Waals surface area (Å²) in [6.45, 7) is 0. The second kappa shape index (κ2) is 11.1. The number of rotatable bonds is 10. The summed E-state index contributed by atoms with van der Waals surface area (Å²) in [5.41, 5.74) is 9.29. The van der Waals surface area contributed by atoms with Crippen LogP contribution < -0.4 is 0 Å². The molecule has 0 unspecified atom stereocenters. The summed E-state index contributed by atoms with van der Waals surface area (Å²) < 4.78 is 46.2. The lowest BCUT2D eigenvalue weighted by molar-refractivity contribution is -0.124. The minimum atomic E-state index is -4.09. The summed E-state index contributed by atoms with van der Waals surface area (Å²) in [4.78, 5) is 26.9. The number of hydrogen-bond acceptors (Lipinski definition) is 6. The Morgan fingerprint density at radius 1 is 0.758 bits per heavy atom. The highest BCUT2D eigenvalue weighted by Crippen LogP contribution is 2.27. The Bertz CT molecular complexity index is 1290. The Hall–Kier alpha value is -1.78. The highest BCUT2D eigenvalue weighted by atomic mass is 35.7. The second-order valence-electron chi connectivity index (χ2n) is 6.70. The molecule has 14 heteroatoms. The van der Waals surface area contributed by atoms with Crippen LogP contribution in [0.1, 0.15) is 24.0 Å².